The highest BCUT2D eigenvalue weighted by Gasteiger charge is 2.17. The second kappa shape index (κ2) is 9.72. The van der Waals surface area contributed by atoms with Gasteiger partial charge in [0.2, 0.25) is 5.88 Å². The summed E-state index contributed by atoms with van der Waals surface area (Å²) in [7, 11) is -2.56. The smallest absolute Gasteiger partial charge is 0.242 e. The number of nitrogens with two attached hydrogens (primary N) is 1. The molecule has 0 amide bonds. The van der Waals surface area contributed by atoms with E-state index in [9.17, 15) is 8.60 Å². The van der Waals surface area contributed by atoms with Gasteiger partial charge in [0.15, 0.2) is 0 Å². The van der Waals surface area contributed by atoms with E-state index in [1.165, 1.54) is 18.6 Å². The van der Waals surface area contributed by atoms with Crippen molar-refractivity contribution < 1.29 is 13.3 Å². The van der Waals surface area contributed by atoms with Gasteiger partial charge in [-0.2, -0.15) is 0 Å². The van der Waals surface area contributed by atoms with Gasteiger partial charge in [0, 0.05) is 28.2 Å². The summed E-state index contributed by atoms with van der Waals surface area (Å²) in [5.74, 6) is 4.01. The molecule has 10 heteroatoms. The number of nitrogens with zero attached hydrogens (tertiary/aromatic N) is 3. The quantitative estimate of drug-likeness (QED) is 0.353. The molecule has 1 unspecified atom stereocenters. The van der Waals surface area contributed by atoms with Crippen molar-refractivity contribution in [2.45, 2.75) is 31.7 Å². The van der Waals surface area contributed by atoms with Crippen LogP contribution < -0.4 is 20.5 Å². The normalized spacial score (nSPS) is 20.5. The Morgan fingerprint density at radius 3 is 2.79 bits per heavy atom. The summed E-state index contributed by atoms with van der Waals surface area (Å²) in [5.41, 5.74) is 7.17. The molecular formula is C23H27FN6O2S. The van der Waals surface area contributed by atoms with Gasteiger partial charge in [-0.3, -0.25) is 0 Å². The van der Waals surface area contributed by atoms with Crippen LogP contribution in [-0.4, -0.2) is 37.3 Å². The van der Waals surface area contributed by atoms with Crippen LogP contribution >= 0.6 is 0 Å². The lowest BCUT2D eigenvalue weighted by atomic mass is 9.87. The molecular weight excluding hydrogens is 443 g/mol. The number of aromatic nitrogens is 3. The van der Waals surface area contributed by atoms with E-state index in [1.807, 2.05) is 6.08 Å². The van der Waals surface area contributed by atoms with Gasteiger partial charge in [0.1, 0.15) is 23.6 Å². The summed E-state index contributed by atoms with van der Waals surface area (Å²) in [6.45, 7) is 0. The van der Waals surface area contributed by atoms with E-state index < -0.39 is 15.5 Å². The molecule has 0 saturated heterocycles. The van der Waals surface area contributed by atoms with Crippen molar-refractivity contribution in [1.82, 2.24) is 15.0 Å². The largest absolute Gasteiger partial charge is 0.445 e. The van der Waals surface area contributed by atoms with E-state index in [2.05, 4.69) is 30.9 Å². The highest BCUT2D eigenvalue weighted by atomic mass is 32.2. The van der Waals surface area contributed by atoms with Crippen LogP contribution in [0.25, 0.3) is 10.9 Å². The summed E-state index contributed by atoms with van der Waals surface area (Å²) < 4.78 is 35.4. The Hall–Kier alpha value is -3.24. The first-order valence-corrected chi connectivity index (χ1v) is 12.8. The molecule has 2 aromatic heterocycles. The molecule has 1 atom stereocenters. The standard InChI is InChI=1S/C23H27FN6O2S/c1-33(2,31)30-17-12-18(24)21-20(13-17)27-14-28-22(21)29-19-4-3-10-26-23(19)32-11-9-15-5-7-16(25)8-6-15/h3-4,9-16H,1,5-8,25H2,2H3,(H,30,31)(H,27,28,29). The lowest BCUT2D eigenvalue weighted by molar-refractivity contribution is 0.367. The fourth-order valence-electron chi connectivity index (χ4n) is 3.80. The number of pyridine rings is 1. The maximum absolute atomic E-state index is 15.0. The molecule has 0 aliphatic heterocycles. The molecule has 1 aliphatic rings. The topological polar surface area (TPSA) is 115 Å². The fraction of sp³-hybridized carbons (Fsp3) is 0.304. The van der Waals surface area contributed by atoms with E-state index in [-0.39, 0.29) is 11.2 Å². The lowest BCUT2D eigenvalue weighted by Gasteiger charge is -2.23. The minimum absolute atomic E-state index is 0.193. The fourth-order valence-corrected chi connectivity index (χ4v) is 4.42. The first-order chi connectivity index (χ1) is 15.8. The lowest BCUT2D eigenvalue weighted by Crippen LogP contribution is -2.25. The number of hydrogen-bond acceptors (Lipinski definition) is 7. The SMILES string of the molecule is C=S(C)(=O)Nc1cc(F)c2c(Nc3cccnc3OC=CC3CCC(N)CC3)ncnc2c1. The van der Waals surface area contributed by atoms with Gasteiger partial charge in [-0.15, -0.1) is 0 Å². The van der Waals surface area contributed by atoms with Gasteiger partial charge >= 0.3 is 0 Å². The van der Waals surface area contributed by atoms with Crippen molar-refractivity contribution in [3.05, 3.63) is 54.9 Å². The second-order valence-corrected chi connectivity index (χ2v) is 10.5. The molecule has 4 rings (SSSR count). The van der Waals surface area contributed by atoms with Crippen molar-refractivity contribution in [2.24, 2.45) is 11.7 Å². The molecule has 4 N–H and O–H groups in total. The first-order valence-electron chi connectivity index (χ1n) is 10.6. The minimum atomic E-state index is -2.56. The van der Waals surface area contributed by atoms with Gasteiger partial charge in [-0.1, -0.05) is 0 Å². The van der Waals surface area contributed by atoms with E-state index >= 15 is 0 Å². The number of anilines is 3. The van der Waals surface area contributed by atoms with Crippen molar-refractivity contribution in [2.75, 3.05) is 16.3 Å². The summed E-state index contributed by atoms with van der Waals surface area (Å²) in [4.78, 5) is 12.6. The minimum Gasteiger partial charge on any atom is -0.445 e. The number of ether oxygens (including phenoxy) is 1. The van der Waals surface area contributed by atoms with Crippen molar-refractivity contribution in [3.8, 4) is 5.88 Å². The van der Waals surface area contributed by atoms with E-state index in [0.29, 0.717) is 34.7 Å². The molecule has 0 radical (unpaired) electrons. The van der Waals surface area contributed by atoms with E-state index in [4.69, 9.17) is 10.5 Å². The Kier molecular flexibility index (Phi) is 6.75. The van der Waals surface area contributed by atoms with Gasteiger partial charge in [-0.05, 0) is 67.8 Å². The number of hydrogen-bond donors (Lipinski definition) is 3. The van der Waals surface area contributed by atoms with Crippen LogP contribution in [-0.2, 0) is 9.71 Å². The Morgan fingerprint density at radius 1 is 1.24 bits per heavy atom. The van der Waals surface area contributed by atoms with Crippen molar-refractivity contribution in [3.63, 3.8) is 0 Å². The number of halogens is 1. The monoisotopic (exact) mass is 470 g/mol. The van der Waals surface area contributed by atoms with Crippen molar-refractivity contribution >= 4 is 43.7 Å². The molecule has 8 nitrogen and oxygen atoms in total. The molecule has 0 bridgehead atoms. The van der Waals surface area contributed by atoms with Crippen LogP contribution in [0.15, 0.2) is 49.1 Å². The Morgan fingerprint density at radius 2 is 2.03 bits per heavy atom. The van der Waals surface area contributed by atoms with Gasteiger partial charge in [0.05, 0.1) is 22.9 Å². The zero-order valence-corrected chi connectivity index (χ0v) is 19.1. The summed E-state index contributed by atoms with van der Waals surface area (Å²) in [6, 6.07) is 6.65. The number of fused-ring (bicyclic) bond motifs is 1. The van der Waals surface area contributed by atoms with Crippen LogP contribution in [0.1, 0.15) is 25.7 Å². The summed E-state index contributed by atoms with van der Waals surface area (Å²) in [5, 5.41) is 3.29. The van der Waals surface area contributed by atoms with Crippen LogP contribution in [0.3, 0.4) is 0 Å². The van der Waals surface area contributed by atoms with Crippen LogP contribution in [0, 0.1) is 11.7 Å². The van der Waals surface area contributed by atoms with Gasteiger partial charge < -0.3 is 20.5 Å². The average Bonchev–Trinajstić information content (AvgIpc) is 2.75. The summed E-state index contributed by atoms with van der Waals surface area (Å²) >= 11 is 0. The molecule has 2 heterocycles. The number of benzene rings is 1. The van der Waals surface area contributed by atoms with Crippen LogP contribution in [0.5, 0.6) is 5.88 Å². The maximum Gasteiger partial charge on any atom is 0.242 e. The Balaban J connectivity index is 1.56. The maximum atomic E-state index is 15.0. The zero-order valence-electron chi connectivity index (χ0n) is 18.3. The number of nitrogens with one attached hydrogen (secondary N) is 2. The predicted molar refractivity (Wildman–Crippen MR) is 132 cm³/mol. The van der Waals surface area contributed by atoms with Crippen LogP contribution in [0.4, 0.5) is 21.6 Å². The molecule has 1 saturated carbocycles. The number of allylic oxidation sites excluding steroid dienone is 1. The molecule has 1 aliphatic carbocycles. The average molecular weight is 471 g/mol. The second-order valence-electron chi connectivity index (χ2n) is 8.28. The highest BCUT2D eigenvalue weighted by Crippen LogP contribution is 2.31. The van der Waals surface area contributed by atoms with Gasteiger partial charge in [0.25, 0.3) is 0 Å². The molecule has 1 aromatic carbocycles. The highest BCUT2D eigenvalue weighted by molar-refractivity contribution is 8.00. The van der Waals surface area contributed by atoms with Crippen molar-refractivity contribution in [1.29, 1.82) is 0 Å². The van der Waals surface area contributed by atoms with Gasteiger partial charge in [-0.25, -0.2) is 23.6 Å². The van der Waals surface area contributed by atoms with E-state index in [1.54, 1.807) is 30.7 Å². The molecule has 3 aromatic rings. The molecule has 33 heavy (non-hydrogen) atoms. The third kappa shape index (κ3) is 5.96. The first kappa shape index (κ1) is 22.9. The van der Waals surface area contributed by atoms with E-state index in [0.717, 1.165) is 25.7 Å². The van der Waals surface area contributed by atoms with Crippen LogP contribution in [0.2, 0.25) is 0 Å². The molecule has 174 valence electrons. The molecule has 0 spiro atoms. The predicted octanol–water partition coefficient (Wildman–Crippen LogP) is 3.99. The Bertz CT molecular complexity index is 1270. The zero-order chi connectivity index (χ0) is 23.4. The summed E-state index contributed by atoms with van der Waals surface area (Å²) in [6.07, 6.45) is 12.2. The third-order valence-corrected chi connectivity index (χ3v) is 6.06. The molecule has 1 fully saturated rings. The Labute approximate surface area is 192 Å². The number of rotatable bonds is 7. The third-order valence-electron chi connectivity index (χ3n) is 5.39.